The second-order valence-corrected chi connectivity index (χ2v) is 2.80. The lowest BCUT2D eigenvalue weighted by molar-refractivity contribution is 0.318. The highest BCUT2D eigenvalue weighted by atomic mass is 19.1. The minimum atomic E-state index is -0.587. The maximum absolute atomic E-state index is 12.5. The van der Waals surface area contributed by atoms with E-state index in [-0.39, 0.29) is 0 Å². The Labute approximate surface area is 81.8 Å². The number of rotatable bonds is 4. The number of hydrogen-bond donors (Lipinski definition) is 1. The predicted octanol–water partition coefficient (Wildman–Crippen LogP) is 2.21. The van der Waals surface area contributed by atoms with Crippen molar-refractivity contribution in [2.75, 3.05) is 13.8 Å². The first-order valence-corrected chi connectivity index (χ1v) is 4.19. The van der Waals surface area contributed by atoms with E-state index in [4.69, 9.17) is 9.94 Å². The molecule has 0 fully saturated rings. The van der Waals surface area contributed by atoms with Crippen LogP contribution in [0.15, 0.2) is 29.4 Å². The van der Waals surface area contributed by atoms with Crippen LogP contribution in [0.4, 0.5) is 4.39 Å². The van der Waals surface area contributed by atoms with Crippen molar-refractivity contribution in [3.8, 4) is 5.75 Å². The molecule has 0 radical (unpaired) electrons. The number of ether oxygens (including phenoxy) is 1. The van der Waals surface area contributed by atoms with Crippen molar-refractivity contribution in [3.05, 3.63) is 29.8 Å². The normalized spacial score (nSPS) is 13.0. The van der Waals surface area contributed by atoms with Crippen LogP contribution in [0.2, 0.25) is 0 Å². The van der Waals surface area contributed by atoms with Crippen molar-refractivity contribution in [2.24, 2.45) is 5.16 Å². The van der Waals surface area contributed by atoms with Crippen LogP contribution in [0.25, 0.3) is 0 Å². The molecule has 1 unspecified atom stereocenters. The van der Waals surface area contributed by atoms with Crippen molar-refractivity contribution in [3.63, 3.8) is 0 Å². The Balaban J connectivity index is 2.83. The topological polar surface area (TPSA) is 41.8 Å². The van der Waals surface area contributed by atoms with E-state index >= 15 is 0 Å². The van der Waals surface area contributed by atoms with E-state index in [9.17, 15) is 4.39 Å². The average molecular weight is 197 g/mol. The molecule has 0 amide bonds. The SMILES string of the molecule is COc1ccc(C(C=NO)CF)cc1. The molecule has 1 atom stereocenters. The molecule has 1 aromatic rings. The van der Waals surface area contributed by atoms with Gasteiger partial charge in [0.15, 0.2) is 0 Å². The number of oxime groups is 1. The lowest BCUT2D eigenvalue weighted by atomic mass is 10.0. The highest BCUT2D eigenvalue weighted by molar-refractivity contribution is 5.67. The van der Waals surface area contributed by atoms with Gasteiger partial charge in [-0.15, -0.1) is 5.16 Å². The Kier molecular flexibility index (Phi) is 3.91. The number of hydrogen-bond acceptors (Lipinski definition) is 3. The summed E-state index contributed by atoms with van der Waals surface area (Å²) in [6.07, 6.45) is 1.17. The Bertz CT molecular complexity index is 297. The summed E-state index contributed by atoms with van der Waals surface area (Å²) in [5.41, 5.74) is 0.756. The third-order valence-electron chi connectivity index (χ3n) is 1.96. The second kappa shape index (κ2) is 5.21. The van der Waals surface area contributed by atoms with Crippen LogP contribution in [-0.4, -0.2) is 25.2 Å². The third kappa shape index (κ3) is 2.45. The van der Waals surface area contributed by atoms with Gasteiger partial charge in [-0.2, -0.15) is 0 Å². The van der Waals surface area contributed by atoms with E-state index in [0.29, 0.717) is 5.75 Å². The molecule has 1 N–H and O–H groups in total. The lowest BCUT2D eigenvalue weighted by Gasteiger charge is -2.07. The van der Waals surface area contributed by atoms with Crippen molar-refractivity contribution >= 4 is 6.21 Å². The van der Waals surface area contributed by atoms with Crippen LogP contribution in [0.1, 0.15) is 11.5 Å². The fourth-order valence-corrected chi connectivity index (χ4v) is 1.15. The fraction of sp³-hybridized carbons (Fsp3) is 0.300. The van der Waals surface area contributed by atoms with Gasteiger partial charge in [-0.05, 0) is 17.7 Å². The van der Waals surface area contributed by atoms with Gasteiger partial charge in [0.2, 0.25) is 0 Å². The van der Waals surface area contributed by atoms with E-state index < -0.39 is 12.6 Å². The van der Waals surface area contributed by atoms with E-state index in [1.807, 2.05) is 0 Å². The zero-order valence-corrected chi connectivity index (χ0v) is 7.85. The van der Waals surface area contributed by atoms with E-state index in [1.165, 1.54) is 6.21 Å². The zero-order chi connectivity index (χ0) is 10.4. The van der Waals surface area contributed by atoms with Gasteiger partial charge in [-0.25, -0.2) is 0 Å². The first-order valence-electron chi connectivity index (χ1n) is 4.19. The van der Waals surface area contributed by atoms with E-state index in [0.717, 1.165) is 5.56 Å². The minimum Gasteiger partial charge on any atom is -0.497 e. The number of alkyl halides is 1. The molecule has 4 heteroatoms. The highest BCUT2D eigenvalue weighted by Crippen LogP contribution is 2.18. The largest absolute Gasteiger partial charge is 0.497 e. The molecule has 0 aliphatic carbocycles. The van der Waals surface area contributed by atoms with Crippen molar-refractivity contribution in [2.45, 2.75) is 5.92 Å². The second-order valence-electron chi connectivity index (χ2n) is 2.80. The van der Waals surface area contributed by atoms with Gasteiger partial charge >= 0.3 is 0 Å². The average Bonchev–Trinajstić information content (AvgIpc) is 2.26. The Morgan fingerprint density at radius 2 is 2.14 bits per heavy atom. The molecule has 3 nitrogen and oxygen atoms in total. The minimum absolute atomic E-state index is 0.495. The lowest BCUT2D eigenvalue weighted by Crippen LogP contribution is -2.02. The van der Waals surface area contributed by atoms with Crippen LogP contribution >= 0.6 is 0 Å². The molecule has 0 aromatic heterocycles. The van der Waals surface area contributed by atoms with Gasteiger partial charge in [0, 0.05) is 0 Å². The van der Waals surface area contributed by atoms with Gasteiger partial charge in [-0.1, -0.05) is 12.1 Å². The van der Waals surface area contributed by atoms with Gasteiger partial charge in [0.05, 0.1) is 19.2 Å². The molecule has 0 aliphatic heterocycles. The molecule has 0 bridgehead atoms. The maximum atomic E-state index is 12.5. The summed E-state index contributed by atoms with van der Waals surface area (Å²) in [5.74, 6) is 0.221. The fourth-order valence-electron chi connectivity index (χ4n) is 1.15. The van der Waals surface area contributed by atoms with Crippen LogP contribution in [0.5, 0.6) is 5.75 Å². The molecule has 14 heavy (non-hydrogen) atoms. The highest BCUT2D eigenvalue weighted by Gasteiger charge is 2.08. The molecule has 76 valence electrons. The van der Waals surface area contributed by atoms with E-state index in [1.54, 1.807) is 31.4 Å². The summed E-state index contributed by atoms with van der Waals surface area (Å²) < 4.78 is 17.4. The molecule has 1 rings (SSSR count). The van der Waals surface area contributed by atoms with Gasteiger partial charge in [0.25, 0.3) is 0 Å². The molecular weight excluding hydrogens is 185 g/mol. The third-order valence-corrected chi connectivity index (χ3v) is 1.96. The summed E-state index contributed by atoms with van der Waals surface area (Å²) >= 11 is 0. The first-order chi connectivity index (χ1) is 6.81. The summed E-state index contributed by atoms with van der Waals surface area (Å²) in [6, 6.07) is 6.96. The molecular formula is C10H12FNO2. The standard InChI is InChI=1S/C10H12FNO2/c1-14-10-4-2-8(3-5-10)9(6-11)7-12-13/h2-5,7,9,13H,6H2,1H3. The van der Waals surface area contributed by atoms with E-state index in [2.05, 4.69) is 5.16 Å². The van der Waals surface area contributed by atoms with Crippen LogP contribution in [0, 0.1) is 0 Å². The van der Waals surface area contributed by atoms with Crippen LogP contribution in [0.3, 0.4) is 0 Å². The van der Waals surface area contributed by atoms with Gasteiger partial charge in [-0.3, -0.25) is 4.39 Å². The number of methoxy groups -OCH3 is 1. The quantitative estimate of drug-likeness (QED) is 0.456. The molecule has 1 aromatic carbocycles. The summed E-state index contributed by atoms with van der Waals surface area (Å²) in [6.45, 7) is -0.587. The Morgan fingerprint density at radius 3 is 2.57 bits per heavy atom. The smallest absolute Gasteiger partial charge is 0.118 e. The van der Waals surface area contributed by atoms with Crippen LogP contribution < -0.4 is 4.74 Å². The van der Waals surface area contributed by atoms with Crippen molar-refractivity contribution in [1.82, 2.24) is 0 Å². The summed E-state index contributed by atoms with van der Waals surface area (Å²) in [7, 11) is 1.57. The molecule has 0 aliphatic rings. The first kappa shape index (κ1) is 10.5. The molecule has 0 heterocycles. The van der Waals surface area contributed by atoms with Gasteiger partial charge in [0.1, 0.15) is 12.4 Å². The number of nitrogens with zero attached hydrogens (tertiary/aromatic N) is 1. The number of benzene rings is 1. The van der Waals surface area contributed by atoms with Crippen LogP contribution in [-0.2, 0) is 0 Å². The molecule has 0 saturated carbocycles. The number of halogens is 1. The van der Waals surface area contributed by atoms with Gasteiger partial charge < -0.3 is 9.94 Å². The summed E-state index contributed by atoms with van der Waals surface area (Å²) in [5, 5.41) is 11.1. The summed E-state index contributed by atoms with van der Waals surface area (Å²) in [4.78, 5) is 0. The molecule has 0 saturated heterocycles. The molecule has 0 spiro atoms. The monoisotopic (exact) mass is 197 g/mol. The Morgan fingerprint density at radius 1 is 1.50 bits per heavy atom. The zero-order valence-electron chi connectivity index (χ0n) is 7.85. The van der Waals surface area contributed by atoms with Crippen molar-refractivity contribution < 1.29 is 14.3 Å². The Hall–Kier alpha value is -1.58. The van der Waals surface area contributed by atoms with Crippen molar-refractivity contribution in [1.29, 1.82) is 0 Å². The predicted molar refractivity (Wildman–Crippen MR) is 52.0 cm³/mol. The maximum Gasteiger partial charge on any atom is 0.118 e.